The van der Waals surface area contributed by atoms with E-state index < -0.39 is 17.9 Å². The Labute approximate surface area is 390 Å². The predicted molar refractivity (Wildman–Crippen MR) is 265 cm³/mol. The van der Waals surface area contributed by atoms with Crippen LogP contribution in [0.25, 0.3) is 90.9 Å². The van der Waals surface area contributed by atoms with E-state index in [9.17, 15) is 14.4 Å². The van der Waals surface area contributed by atoms with Gasteiger partial charge in [-0.15, -0.1) is 0 Å². The summed E-state index contributed by atoms with van der Waals surface area (Å²) in [5.41, 5.74) is 15.2. The van der Waals surface area contributed by atoms with Gasteiger partial charge < -0.3 is 24.2 Å². The van der Waals surface area contributed by atoms with Crippen molar-refractivity contribution in [1.82, 2.24) is 24.9 Å². The third-order valence-corrected chi connectivity index (χ3v) is 11.7. The summed E-state index contributed by atoms with van der Waals surface area (Å²) >= 11 is 0. The summed E-state index contributed by atoms with van der Waals surface area (Å²) < 4.78 is 15.0. The van der Waals surface area contributed by atoms with E-state index in [0.717, 1.165) is 77.7 Å². The Morgan fingerprint density at radius 2 is 0.735 bits per heavy atom. The third-order valence-electron chi connectivity index (χ3n) is 11.7. The summed E-state index contributed by atoms with van der Waals surface area (Å²) in [6, 6.07) is 41.6. The van der Waals surface area contributed by atoms with Crippen molar-refractivity contribution in [2.45, 2.75) is 0 Å². The van der Waals surface area contributed by atoms with Crippen molar-refractivity contribution in [1.29, 1.82) is 0 Å². The van der Waals surface area contributed by atoms with E-state index in [4.69, 9.17) is 24.2 Å². The number of methoxy groups -OCH3 is 3. The topological polar surface area (TPSA) is 149 Å². The maximum atomic E-state index is 12.5. The van der Waals surface area contributed by atoms with E-state index in [1.807, 2.05) is 121 Å². The Morgan fingerprint density at radius 3 is 1.04 bits per heavy atom. The van der Waals surface area contributed by atoms with Crippen molar-refractivity contribution in [3.63, 3.8) is 0 Å². The molecular formula is C57H39N5O6. The number of aromatic amines is 2. The smallest absolute Gasteiger partial charge is 0.337 e. The van der Waals surface area contributed by atoms with Crippen LogP contribution in [0.1, 0.15) is 65.0 Å². The fourth-order valence-electron chi connectivity index (χ4n) is 8.39. The lowest BCUT2D eigenvalue weighted by atomic mass is 10.0. The Kier molecular flexibility index (Phi) is 11.4. The molecule has 2 N–H and O–H groups in total. The molecule has 0 radical (unpaired) electrons. The molecular weight excluding hydrogens is 851 g/mol. The fourth-order valence-corrected chi connectivity index (χ4v) is 8.39. The second-order valence-electron chi connectivity index (χ2n) is 15.8. The fraction of sp³-hybridized carbons (Fsp3) is 0.0526. The number of hydrogen-bond acceptors (Lipinski definition) is 9. The molecule has 0 atom stereocenters. The molecule has 0 spiro atoms. The first-order valence-corrected chi connectivity index (χ1v) is 21.5. The molecule has 68 heavy (non-hydrogen) atoms. The van der Waals surface area contributed by atoms with Crippen LogP contribution >= 0.6 is 0 Å². The highest BCUT2D eigenvalue weighted by Gasteiger charge is 2.20. The molecule has 4 aromatic heterocycles. The molecule has 0 aliphatic carbocycles. The zero-order valence-corrected chi connectivity index (χ0v) is 37.0. The van der Waals surface area contributed by atoms with Crippen LogP contribution < -0.4 is 0 Å². The Hall–Kier alpha value is -9.40. The van der Waals surface area contributed by atoms with Gasteiger partial charge in [0.2, 0.25) is 0 Å². The van der Waals surface area contributed by atoms with Gasteiger partial charge in [0.15, 0.2) is 0 Å². The molecule has 10 rings (SSSR count). The quantitative estimate of drug-likeness (QED) is 0.0906. The van der Waals surface area contributed by atoms with Crippen molar-refractivity contribution in [2.75, 3.05) is 21.3 Å². The molecule has 0 amide bonds. The first kappa shape index (κ1) is 42.5. The van der Waals surface area contributed by atoms with Crippen LogP contribution in [-0.2, 0) is 14.2 Å². The van der Waals surface area contributed by atoms with E-state index in [0.29, 0.717) is 39.5 Å². The summed E-state index contributed by atoms with van der Waals surface area (Å²) in [5, 5.41) is 0. The van der Waals surface area contributed by atoms with E-state index >= 15 is 0 Å². The van der Waals surface area contributed by atoms with Crippen molar-refractivity contribution in [3.05, 3.63) is 196 Å². The van der Waals surface area contributed by atoms with Gasteiger partial charge in [-0.25, -0.2) is 24.4 Å². The van der Waals surface area contributed by atoms with E-state index in [1.165, 1.54) is 21.3 Å². The average Bonchev–Trinajstić information content (AvgIpc) is 4.25. The first-order chi connectivity index (χ1) is 33.3. The van der Waals surface area contributed by atoms with Crippen LogP contribution in [0.2, 0.25) is 0 Å². The van der Waals surface area contributed by atoms with Gasteiger partial charge >= 0.3 is 17.9 Å². The highest BCUT2D eigenvalue weighted by Crippen LogP contribution is 2.39. The summed E-state index contributed by atoms with van der Waals surface area (Å²) in [4.78, 5) is 60.0. The van der Waals surface area contributed by atoms with Crippen LogP contribution in [0, 0.1) is 11.8 Å². The minimum Gasteiger partial charge on any atom is -0.465 e. The Bertz CT molecular complexity index is 3540. The second-order valence-corrected chi connectivity index (χ2v) is 15.8. The van der Waals surface area contributed by atoms with Crippen molar-refractivity contribution in [2.24, 2.45) is 0 Å². The first-order valence-electron chi connectivity index (χ1n) is 21.5. The third kappa shape index (κ3) is 8.25. The van der Waals surface area contributed by atoms with Gasteiger partial charge in [0.25, 0.3) is 0 Å². The number of fused-ring (bicyclic) bond motifs is 8. The molecule has 0 saturated heterocycles. The molecule has 8 aromatic rings. The van der Waals surface area contributed by atoms with Gasteiger partial charge in [0, 0.05) is 67.8 Å². The number of rotatable bonds is 7. The van der Waals surface area contributed by atoms with Crippen LogP contribution in [0.15, 0.2) is 146 Å². The number of hydrogen-bond donors (Lipinski definition) is 2. The molecule has 0 fully saturated rings. The summed E-state index contributed by atoms with van der Waals surface area (Å²) in [5.74, 6) is 5.13. The lowest BCUT2D eigenvalue weighted by Crippen LogP contribution is -2.00. The monoisotopic (exact) mass is 889 g/mol. The Morgan fingerprint density at radius 1 is 0.412 bits per heavy atom. The SMILES string of the molecule is COC(=O)c1ccc(-c2c3nc(c(-c4ccc(C(=O)OC)cc4)c4ccc([nH]4)c(-c4ccc(C(=O)OC)cc4)c4nc(c(-c5ccc(C#Cc6cccnc6)cc5)c5ccc2[nH]5)C=C4)C=C3)cc1. The lowest BCUT2D eigenvalue weighted by Gasteiger charge is -2.08. The number of nitrogens with one attached hydrogen (secondary N) is 2. The van der Waals surface area contributed by atoms with E-state index in [-0.39, 0.29) is 0 Å². The average molecular weight is 890 g/mol. The number of H-pyrrole nitrogens is 2. The van der Waals surface area contributed by atoms with Gasteiger partial charge in [-0.3, -0.25) is 4.98 Å². The molecule has 6 heterocycles. The number of carbonyl (C=O) groups is 3. The highest BCUT2D eigenvalue weighted by molar-refractivity contribution is 6.01. The predicted octanol–water partition coefficient (Wildman–Crippen LogP) is 11.5. The number of nitrogens with zero attached hydrogens (tertiary/aromatic N) is 3. The largest absolute Gasteiger partial charge is 0.465 e. The lowest BCUT2D eigenvalue weighted by molar-refractivity contribution is 0.0592. The van der Waals surface area contributed by atoms with Gasteiger partial charge in [-0.1, -0.05) is 60.4 Å². The molecule has 2 aliphatic rings. The zero-order chi connectivity index (χ0) is 46.7. The number of ether oxygens (including phenoxy) is 3. The van der Waals surface area contributed by atoms with Gasteiger partial charge in [0.1, 0.15) is 0 Å². The molecule has 8 bridgehead atoms. The minimum absolute atomic E-state index is 0.410. The van der Waals surface area contributed by atoms with Crippen molar-refractivity contribution >= 4 is 64.3 Å². The molecule has 11 nitrogen and oxygen atoms in total. The number of carbonyl (C=O) groups excluding carboxylic acids is 3. The summed E-state index contributed by atoms with van der Waals surface area (Å²) in [7, 11) is 4.07. The van der Waals surface area contributed by atoms with Crippen LogP contribution in [0.3, 0.4) is 0 Å². The molecule has 2 aliphatic heterocycles. The summed E-state index contributed by atoms with van der Waals surface area (Å²) in [6.45, 7) is 0. The van der Waals surface area contributed by atoms with Crippen molar-refractivity contribution < 1.29 is 28.6 Å². The standard InChI is InChI=1S/C57H39N5O6/c1-66-55(63)40-18-12-37(13-19-40)52-45-26-24-43(59-45)51(36-10-8-34(9-11-36)6-7-35-5-4-32-58-33-35)44-25-27-46(60-44)53(38-14-20-41(21-15-38)56(64)67-2)48-29-31-50(62-48)54(49-30-28-47(52)61-49)39-16-22-42(23-17-39)57(65)68-3/h4-5,8-33,59,62H,1-3H3. The zero-order valence-electron chi connectivity index (χ0n) is 37.0. The number of esters is 3. The van der Waals surface area contributed by atoms with Crippen LogP contribution in [0.4, 0.5) is 0 Å². The highest BCUT2D eigenvalue weighted by atomic mass is 16.5. The van der Waals surface area contributed by atoms with Gasteiger partial charge in [-0.2, -0.15) is 0 Å². The van der Waals surface area contributed by atoms with E-state index in [2.05, 4.69) is 26.8 Å². The van der Waals surface area contributed by atoms with Crippen LogP contribution in [-0.4, -0.2) is 64.2 Å². The molecule has 0 unspecified atom stereocenters. The van der Waals surface area contributed by atoms with Gasteiger partial charge in [-0.05, 0) is 131 Å². The normalized spacial score (nSPS) is 11.4. The molecule has 328 valence electrons. The number of pyridine rings is 1. The molecule has 4 aromatic carbocycles. The molecule has 0 saturated carbocycles. The van der Waals surface area contributed by atoms with Crippen LogP contribution in [0.5, 0.6) is 0 Å². The number of aromatic nitrogens is 5. The maximum absolute atomic E-state index is 12.5. The van der Waals surface area contributed by atoms with E-state index in [1.54, 1.807) is 48.8 Å². The Balaban J connectivity index is 1.28. The number of benzene rings is 4. The minimum atomic E-state index is -0.444. The molecule has 11 heteroatoms. The second kappa shape index (κ2) is 18.2. The summed E-state index contributed by atoms with van der Waals surface area (Å²) in [6.07, 6.45) is 11.4. The van der Waals surface area contributed by atoms with Gasteiger partial charge in [0.05, 0.1) is 60.8 Å². The van der Waals surface area contributed by atoms with Crippen molar-refractivity contribution in [3.8, 4) is 56.3 Å². The maximum Gasteiger partial charge on any atom is 0.337 e.